The molecule has 5 nitrogen and oxygen atoms in total. The zero-order valence-corrected chi connectivity index (χ0v) is 11.1. The maximum Gasteiger partial charge on any atom is 0.188 e. The van der Waals surface area contributed by atoms with Crippen molar-refractivity contribution in [3.63, 3.8) is 0 Å². The highest BCUT2D eigenvalue weighted by molar-refractivity contribution is 7.47. The Kier molecular flexibility index (Phi) is 5.63. The van der Waals surface area contributed by atoms with E-state index >= 15 is 0 Å². The van der Waals surface area contributed by atoms with E-state index in [-0.39, 0.29) is 0 Å². The third-order valence-corrected chi connectivity index (χ3v) is 5.16. The Morgan fingerprint density at radius 2 is 1.76 bits per heavy atom. The van der Waals surface area contributed by atoms with Crippen molar-refractivity contribution < 1.29 is 9.26 Å². The van der Waals surface area contributed by atoms with E-state index in [4.69, 9.17) is 14.5 Å². The molecule has 2 rings (SSSR count). The first-order valence-corrected chi connectivity index (χ1v) is 7.46. The Morgan fingerprint density at radius 3 is 2.41 bits per heavy atom. The Balaban J connectivity index is 1.88. The minimum atomic E-state index is -0.656. The topological polar surface area (TPSA) is 48.7 Å². The lowest BCUT2D eigenvalue weighted by Gasteiger charge is -2.37. The fraction of sp³-hybridized carbons (Fsp3) is 0.909. The van der Waals surface area contributed by atoms with Crippen LogP contribution < -0.4 is 0 Å². The van der Waals surface area contributed by atoms with E-state index in [1.807, 2.05) is 0 Å². The molecule has 0 radical (unpaired) electrons. The van der Waals surface area contributed by atoms with Crippen LogP contribution in [0.5, 0.6) is 0 Å². The van der Waals surface area contributed by atoms with Crippen molar-refractivity contribution in [2.45, 2.75) is 19.3 Å². The van der Waals surface area contributed by atoms with Crippen molar-refractivity contribution >= 4 is 8.45 Å². The van der Waals surface area contributed by atoms with Gasteiger partial charge in [-0.25, -0.2) is 9.34 Å². The number of rotatable bonds is 5. The van der Waals surface area contributed by atoms with Gasteiger partial charge >= 0.3 is 0 Å². The van der Waals surface area contributed by atoms with Crippen molar-refractivity contribution in [3.05, 3.63) is 0 Å². The molecule has 2 fully saturated rings. The largest absolute Gasteiger partial charge is 0.379 e. The summed E-state index contributed by atoms with van der Waals surface area (Å²) in [6, 6.07) is 2.14. The van der Waals surface area contributed by atoms with Crippen LogP contribution in [0.15, 0.2) is 0 Å². The number of hydrogen-bond donors (Lipinski definition) is 0. The van der Waals surface area contributed by atoms with Gasteiger partial charge < -0.3 is 9.26 Å². The summed E-state index contributed by atoms with van der Waals surface area (Å²) in [4.78, 5) is 0. The maximum atomic E-state index is 8.58. The van der Waals surface area contributed by atoms with Crippen LogP contribution in [0, 0.1) is 11.3 Å². The quantitative estimate of drug-likeness (QED) is 0.552. The van der Waals surface area contributed by atoms with Gasteiger partial charge in [-0.15, -0.1) is 0 Å². The summed E-state index contributed by atoms with van der Waals surface area (Å²) in [5.41, 5.74) is 0. The van der Waals surface area contributed by atoms with Crippen LogP contribution in [0.2, 0.25) is 0 Å². The Bertz CT molecular complexity index is 260. The van der Waals surface area contributed by atoms with Gasteiger partial charge in [-0.05, 0) is 12.8 Å². The standard InChI is InChI=1S/C11H20N3O2P/c12-4-3-9-16-17(13-5-1-2-6-13)14-7-10-15-11-8-14/h1-3,5-11H2. The van der Waals surface area contributed by atoms with Crippen LogP contribution in [0.1, 0.15) is 19.3 Å². The molecule has 2 aliphatic heterocycles. The van der Waals surface area contributed by atoms with E-state index in [0.717, 1.165) is 39.4 Å². The number of morpholine rings is 1. The van der Waals surface area contributed by atoms with Crippen molar-refractivity contribution in [2.75, 3.05) is 46.0 Å². The molecule has 0 aliphatic carbocycles. The molecular weight excluding hydrogens is 237 g/mol. The summed E-state index contributed by atoms with van der Waals surface area (Å²) < 4.78 is 16.2. The van der Waals surface area contributed by atoms with Crippen molar-refractivity contribution in [1.29, 1.82) is 5.26 Å². The first-order valence-electron chi connectivity index (χ1n) is 6.29. The first kappa shape index (κ1) is 13.2. The molecule has 0 N–H and O–H groups in total. The lowest BCUT2D eigenvalue weighted by atomic mass is 10.4. The van der Waals surface area contributed by atoms with Crippen molar-refractivity contribution in [1.82, 2.24) is 9.34 Å². The second-order valence-electron chi connectivity index (χ2n) is 4.22. The van der Waals surface area contributed by atoms with Gasteiger partial charge in [-0.3, -0.25) is 0 Å². The average molecular weight is 257 g/mol. The molecule has 17 heavy (non-hydrogen) atoms. The summed E-state index contributed by atoms with van der Waals surface area (Å²) in [6.07, 6.45) is 3.02. The zero-order chi connectivity index (χ0) is 11.9. The second kappa shape index (κ2) is 7.25. The maximum absolute atomic E-state index is 8.58. The molecule has 0 bridgehead atoms. The van der Waals surface area contributed by atoms with Crippen LogP contribution in [0.4, 0.5) is 0 Å². The molecule has 2 heterocycles. The normalized spacial score (nSPS) is 24.6. The molecule has 0 aromatic heterocycles. The monoisotopic (exact) mass is 257 g/mol. The summed E-state index contributed by atoms with van der Waals surface area (Å²) in [5, 5.41) is 8.58. The molecule has 0 aromatic rings. The van der Waals surface area contributed by atoms with E-state index < -0.39 is 8.45 Å². The highest BCUT2D eigenvalue weighted by Gasteiger charge is 2.30. The number of nitriles is 1. The van der Waals surface area contributed by atoms with Crippen LogP contribution >= 0.6 is 8.45 Å². The van der Waals surface area contributed by atoms with Crippen LogP contribution in [-0.2, 0) is 9.26 Å². The SMILES string of the molecule is N#CCCOP(N1CCCC1)N1CCOCC1. The molecule has 0 saturated carbocycles. The average Bonchev–Trinajstić information content (AvgIpc) is 2.89. The highest BCUT2D eigenvalue weighted by atomic mass is 31.2. The lowest BCUT2D eigenvalue weighted by Crippen LogP contribution is -2.37. The predicted molar refractivity (Wildman–Crippen MR) is 66.3 cm³/mol. The van der Waals surface area contributed by atoms with E-state index in [1.165, 1.54) is 12.8 Å². The molecule has 2 aliphatic rings. The Morgan fingerprint density at radius 1 is 1.12 bits per heavy atom. The summed E-state index contributed by atoms with van der Waals surface area (Å²) >= 11 is 0. The molecule has 1 unspecified atom stereocenters. The van der Waals surface area contributed by atoms with Crippen LogP contribution in [0.3, 0.4) is 0 Å². The van der Waals surface area contributed by atoms with E-state index in [0.29, 0.717) is 13.0 Å². The molecule has 96 valence electrons. The van der Waals surface area contributed by atoms with Gasteiger partial charge in [0.1, 0.15) is 0 Å². The summed E-state index contributed by atoms with van der Waals surface area (Å²) in [7, 11) is -0.656. The van der Waals surface area contributed by atoms with E-state index in [1.54, 1.807) is 0 Å². The fourth-order valence-electron chi connectivity index (χ4n) is 2.11. The minimum absolute atomic E-state index is 0.483. The van der Waals surface area contributed by atoms with Crippen LogP contribution in [-0.4, -0.2) is 55.3 Å². The highest BCUT2D eigenvalue weighted by Crippen LogP contribution is 2.47. The van der Waals surface area contributed by atoms with E-state index in [2.05, 4.69) is 15.4 Å². The molecular formula is C11H20N3O2P. The zero-order valence-electron chi connectivity index (χ0n) is 10.2. The molecule has 1 atom stereocenters. The number of nitrogens with zero attached hydrogens (tertiary/aromatic N) is 3. The third-order valence-electron chi connectivity index (χ3n) is 2.97. The van der Waals surface area contributed by atoms with Gasteiger partial charge in [0.2, 0.25) is 0 Å². The van der Waals surface area contributed by atoms with Crippen LogP contribution in [0.25, 0.3) is 0 Å². The first-order chi connectivity index (χ1) is 8.42. The minimum Gasteiger partial charge on any atom is -0.379 e. The predicted octanol–water partition coefficient (Wildman–Crippen LogP) is 1.57. The molecule has 0 spiro atoms. The van der Waals surface area contributed by atoms with Gasteiger partial charge in [0, 0.05) is 26.2 Å². The number of hydrogen-bond acceptors (Lipinski definition) is 5. The summed E-state index contributed by atoms with van der Waals surface area (Å²) in [5.74, 6) is 0. The molecule has 0 aromatic carbocycles. The van der Waals surface area contributed by atoms with Gasteiger partial charge in [-0.2, -0.15) is 5.26 Å². The Labute approximate surface area is 104 Å². The lowest BCUT2D eigenvalue weighted by molar-refractivity contribution is 0.0661. The van der Waals surface area contributed by atoms with Gasteiger partial charge in [0.25, 0.3) is 0 Å². The van der Waals surface area contributed by atoms with Gasteiger partial charge in [0.15, 0.2) is 8.45 Å². The fourth-order valence-corrected chi connectivity index (χ4v) is 4.18. The van der Waals surface area contributed by atoms with E-state index in [9.17, 15) is 0 Å². The Hall–Kier alpha value is -0.240. The molecule has 2 saturated heterocycles. The van der Waals surface area contributed by atoms with Gasteiger partial charge in [-0.1, -0.05) is 0 Å². The molecule has 0 amide bonds. The third kappa shape index (κ3) is 3.87. The smallest absolute Gasteiger partial charge is 0.188 e. The van der Waals surface area contributed by atoms with Crippen molar-refractivity contribution in [3.8, 4) is 6.07 Å². The summed E-state index contributed by atoms with van der Waals surface area (Å²) in [6.45, 7) is 6.33. The van der Waals surface area contributed by atoms with Gasteiger partial charge in [0.05, 0.1) is 32.3 Å². The molecule has 6 heteroatoms. The number of ether oxygens (including phenoxy) is 1. The second-order valence-corrected chi connectivity index (χ2v) is 6.12. The van der Waals surface area contributed by atoms with Crippen molar-refractivity contribution in [2.24, 2.45) is 0 Å².